The first-order valence-electron chi connectivity index (χ1n) is 10.4. The van der Waals surface area contributed by atoms with Crippen LogP contribution in [0.3, 0.4) is 0 Å². The minimum Gasteiger partial charge on any atom is -0.477 e. The zero-order valence-electron chi connectivity index (χ0n) is 17.1. The normalized spacial score (nSPS) is 27.8. The van der Waals surface area contributed by atoms with Crippen LogP contribution in [0, 0.1) is 27.9 Å². The number of non-ortho nitro benzene ring substituents is 1. The van der Waals surface area contributed by atoms with Gasteiger partial charge in [-0.3, -0.25) is 14.9 Å². The third kappa shape index (κ3) is 3.22. The molecule has 3 aliphatic rings. The topological polar surface area (TPSA) is 134 Å². The standard InChI is InChI=1S/C21H21N3O6S2/c1-9(25)15-17-12-4-2-3-10(16(12)18(20(27)28)23(17)19(15)26)8-31-21-22-13-6-5-11(24(29)30)7-14(13)32-21/h5-7,9-10,12,15,17,25H,2-4,8H2,1H3,(H,27,28)/t9-,10+,12+,15-,17-/m1/s1. The third-order valence-electron chi connectivity index (χ3n) is 6.72. The second kappa shape index (κ2) is 7.82. The molecule has 9 nitrogen and oxygen atoms in total. The van der Waals surface area contributed by atoms with Gasteiger partial charge in [-0.2, -0.15) is 0 Å². The molecule has 5 rings (SSSR count). The predicted molar refractivity (Wildman–Crippen MR) is 118 cm³/mol. The Hall–Kier alpha value is -2.50. The van der Waals surface area contributed by atoms with Crippen molar-refractivity contribution in [1.29, 1.82) is 0 Å². The number of hydrogen-bond donors (Lipinski definition) is 2. The molecule has 1 saturated carbocycles. The van der Waals surface area contributed by atoms with Crippen molar-refractivity contribution in [2.24, 2.45) is 17.8 Å². The summed E-state index contributed by atoms with van der Waals surface area (Å²) in [5, 5.41) is 31.0. The van der Waals surface area contributed by atoms with Gasteiger partial charge in [0.25, 0.3) is 5.69 Å². The van der Waals surface area contributed by atoms with Gasteiger partial charge in [-0.15, -0.1) is 11.3 Å². The first kappa shape index (κ1) is 21.4. The van der Waals surface area contributed by atoms with Crippen molar-refractivity contribution in [1.82, 2.24) is 9.88 Å². The van der Waals surface area contributed by atoms with Crippen molar-refractivity contribution in [3.05, 3.63) is 39.6 Å². The van der Waals surface area contributed by atoms with Crippen LogP contribution in [0.4, 0.5) is 5.69 Å². The lowest BCUT2D eigenvalue weighted by atomic mass is 9.70. The van der Waals surface area contributed by atoms with Gasteiger partial charge in [0.15, 0.2) is 4.34 Å². The fourth-order valence-electron chi connectivity index (χ4n) is 5.41. The summed E-state index contributed by atoms with van der Waals surface area (Å²) in [6.07, 6.45) is 1.78. The highest BCUT2D eigenvalue weighted by Crippen LogP contribution is 2.54. The number of nitro groups is 1. The van der Waals surface area contributed by atoms with E-state index in [2.05, 4.69) is 4.98 Å². The third-order valence-corrected chi connectivity index (χ3v) is 9.04. The summed E-state index contributed by atoms with van der Waals surface area (Å²) >= 11 is 2.90. The molecule has 5 atom stereocenters. The number of carboxylic acid groups (broad SMARTS) is 1. The van der Waals surface area contributed by atoms with E-state index < -0.39 is 22.9 Å². The van der Waals surface area contributed by atoms with Gasteiger partial charge < -0.3 is 15.1 Å². The minimum absolute atomic E-state index is 0.000697. The smallest absolute Gasteiger partial charge is 0.352 e. The number of rotatable bonds is 6. The number of benzene rings is 1. The lowest BCUT2D eigenvalue weighted by Gasteiger charge is -2.47. The van der Waals surface area contributed by atoms with Crippen LogP contribution in [0.25, 0.3) is 10.2 Å². The number of carbonyl (C=O) groups excluding carboxylic acids is 1. The lowest BCUT2D eigenvalue weighted by Crippen LogP contribution is -2.64. The van der Waals surface area contributed by atoms with Crippen LogP contribution < -0.4 is 0 Å². The highest BCUT2D eigenvalue weighted by atomic mass is 32.2. The van der Waals surface area contributed by atoms with Crippen molar-refractivity contribution in [2.75, 3.05) is 5.75 Å². The first-order valence-corrected chi connectivity index (χ1v) is 12.2. The van der Waals surface area contributed by atoms with Crippen LogP contribution in [0.1, 0.15) is 26.2 Å². The van der Waals surface area contributed by atoms with Crippen LogP contribution >= 0.6 is 23.1 Å². The van der Waals surface area contributed by atoms with E-state index in [1.54, 1.807) is 13.0 Å². The average molecular weight is 476 g/mol. The van der Waals surface area contributed by atoms with Crippen molar-refractivity contribution < 1.29 is 24.7 Å². The van der Waals surface area contributed by atoms with Gasteiger partial charge >= 0.3 is 5.97 Å². The van der Waals surface area contributed by atoms with Crippen molar-refractivity contribution >= 4 is 50.9 Å². The van der Waals surface area contributed by atoms with E-state index >= 15 is 0 Å². The number of fused-ring (bicyclic) bond motifs is 4. The summed E-state index contributed by atoms with van der Waals surface area (Å²) in [6.45, 7) is 1.59. The van der Waals surface area contributed by atoms with E-state index in [0.717, 1.165) is 33.9 Å². The average Bonchev–Trinajstić information content (AvgIpc) is 3.28. The first-order chi connectivity index (χ1) is 15.3. The maximum atomic E-state index is 12.6. The Morgan fingerprint density at radius 1 is 1.44 bits per heavy atom. The van der Waals surface area contributed by atoms with Crippen molar-refractivity contribution in [3.8, 4) is 0 Å². The number of amides is 1. The van der Waals surface area contributed by atoms with Crippen molar-refractivity contribution in [2.45, 2.75) is 42.7 Å². The fourth-order valence-corrected chi connectivity index (χ4v) is 7.71. The Balaban J connectivity index is 1.40. The Morgan fingerprint density at radius 2 is 2.22 bits per heavy atom. The second-order valence-electron chi connectivity index (χ2n) is 8.51. The molecule has 1 amide bonds. The van der Waals surface area contributed by atoms with Gasteiger partial charge in [0.05, 0.1) is 33.2 Å². The van der Waals surface area contributed by atoms with Crippen molar-refractivity contribution in [3.63, 3.8) is 0 Å². The Morgan fingerprint density at radius 3 is 2.91 bits per heavy atom. The highest BCUT2D eigenvalue weighted by molar-refractivity contribution is 8.01. The molecule has 11 heteroatoms. The molecule has 0 bridgehead atoms. The number of carboxylic acids is 1. The lowest BCUT2D eigenvalue weighted by molar-refractivity contribution is -0.384. The van der Waals surface area contributed by atoms with E-state index in [4.69, 9.17) is 0 Å². The van der Waals surface area contributed by atoms with E-state index in [-0.39, 0.29) is 35.2 Å². The number of aliphatic carboxylic acids is 1. The van der Waals surface area contributed by atoms with Gasteiger partial charge in [0.2, 0.25) is 5.91 Å². The second-order valence-corrected chi connectivity index (χ2v) is 10.8. The number of aliphatic hydroxyl groups is 1. The molecule has 2 aliphatic heterocycles. The largest absolute Gasteiger partial charge is 0.477 e. The number of thioether (sulfide) groups is 1. The number of hydrogen-bond acceptors (Lipinski definition) is 8. The van der Waals surface area contributed by atoms with Gasteiger partial charge in [0.1, 0.15) is 5.70 Å². The number of nitro benzene ring substituents is 1. The number of carbonyl (C=O) groups is 2. The summed E-state index contributed by atoms with van der Waals surface area (Å²) < 4.78 is 1.52. The van der Waals surface area contributed by atoms with Crippen LogP contribution in [0.2, 0.25) is 0 Å². The molecule has 1 saturated heterocycles. The SMILES string of the molecule is C[C@@H](O)[C@H]1C(=O)N2C(C(=O)O)=C3[C@H](CSc4nc5ccc([N+](=O)[O-])cc5s4)CCC[C@@H]3[C@H]12. The van der Waals surface area contributed by atoms with E-state index in [9.17, 15) is 29.9 Å². The predicted octanol–water partition coefficient (Wildman–Crippen LogP) is 3.27. The maximum Gasteiger partial charge on any atom is 0.352 e. The summed E-state index contributed by atoms with van der Waals surface area (Å²) in [5.41, 5.74) is 1.66. The van der Waals surface area contributed by atoms with Crippen LogP contribution in [0.5, 0.6) is 0 Å². The Kier molecular flexibility index (Phi) is 5.22. The molecule has 2 aromatic rings. The fraction of sp³-hybridized carbons (Fsp3) is 0.476. The monoisotopic (exact) mass is 475 g/mol. The number of aromatic nitrogens is 1. The molecule has 2 fully saturated rings. The van der Waals surface area contributed by atoms with Gasteiger partial charge in [0, 0.05) is 23.8 Å². The maximum absolute atomic E-state index is 12.6. The number of thiazole rings is 1. The molecule has 1 aromatic heterocycles. The van der Waals surface area contributed by atoms with E-state index in [1.807, 2.05) is 0 Å². The number of β-lactam (4-membered cyclic amide) rings is 1. The molecular formula is C21H21N3O6S2. The molecular weight excluding hydrogens is 454 g/mol. The van der Waals surface area contributed by atoms with Gasteiger partial charge in [-0.1, -0.05) is 18.2 Å². The summed E-state index contributed by atoms with van der Waals surface area (Å²) in [4.78, 5) is 41.3. The quantitative estimate of drug-likeness (QED) is 0.281. The molecule has 1 aromatic carbocycles. The molecule has 0 radical (unpaired) electrons. The molecule has 1 aliphatic carbocycles. The van der Waals surface area contributed by atoms with Crippen LogP contribution in [-0.2, 0) is 9.59 Å². The minimum atomic E-state index is -1.09. The van der Waals surface area contributed by atoms with Gasteiger partial charge in [-0.25, -0.2) is 9.78 Å². The molecule has 32 heavy (non-hydrogen) atoms. The zero-order chi connectivity index (χ0) is 22.7. The van der Waals surface area contributed by atoms with Gasteiger partial charge in [-0.05, 0) is 37.3 Å². The summed E-state index contributed by atoms with van der Waals surface area (Å²) in [5.74, 6) is -1.34. The molecule has 3 heterocycles. The molecule has 2 N–H and O–H groups in total. The Bertz CT molecular complexity index is 1180. The van der Waals surface area contributed by atoms with E-state index in [0.29, 0.717) is 11.3 Å². The van der Waals surface area contributed by atoms with Crippen LogP contribution in [0.15, 0.2) is 33.8 Å². The Labute approximate surface area is 191 Å². The zero-order valence-corrected chi connectivity index (χ0v) is 18.8. The molecule has 0 spiro atoms. The number of nitrogens with zero attached hydrogens (tertiary/aromatic N) is 3. The summed E-state index contributed by atoms with van der Waals surface area (Å²) in [6, 6.07) is 4.33. The highest BCUT2D eigenvalue weighted by Gasteiger charge is 2.62. The molecule has 168 valence electrons. The van der Waals surface area contributed by atoms with Crippen LogP contribution in [-0.4, -0.2) is 54.8 Å². The summed E-state index contributed by atoms with van der Waals surface area (Å²) in [7, 11) is 0. The van der Waals surface area contributed by atoms with E-state index in [1.165, 1.54) is 40.1 Å². The number of aliphatic hydroxyl groups excluding tert-OH is 1. The molecule has 0 unspecified atom stereocenters.